The summed E-state index contributed by atoms with van der Waals surface area (Å²) in [5.74, 6) is -2.75. The molecule has 0 radical (unpaired) electrons. The van der Waals surface area contributed by atoms with Gasteiger partial charge in [-0.05, 0) is 60.6 Å². The Morgan fingerprint density at radius 1 is 0.744 bits per heavy atom. The monoisotopic (exact) mass is 549 g/mol. The van der Waals surface area contributed by atoms with Gasteiger partial charge in [-0.2, -0.15) is 0 Å². The van der Waals surface area contributed by atoms with Crippen LogP contribution in [-0.4, -0.2) is 41.6 Å². The molecule has 3 N–H and O–H groups in total. The van der Waals surface area contributed by atoms with Crippen molar-refractivity contribution in [1.29, 1.82) is 0 Å². The van der Waals surface area contributed by atoms with Gasteiger partial charge in [0.25, 0.3) is 0 Å². The molecule has 9 heteroatoms. The lowest BCUT2D eigenvalue weighted by Crippen LogP contribution is -2.40. The first-order valence-electron chi connectivity index (χ1n) is 13.9. The summed E-state index contributed by atoms with van der Waals surface area (Å²) >= 11 is 0. The highest BCUT2D eigenvalue weighted by Crippen LogP contribution is 2.36. The van der Waals surface area contributed by atoms with Crippen LogP contribution in [0.2, 0.25) is 0 Å². The largest absolute Gasteiger partial charge is 0.480 e. The van der Waals surface area contributed by atoms with Crippen LogP contribution in [0.3, 0.4) is 0 Å². The van der Waals surface area contributed by atoms with Crippen molar-refractivity contribution in [3.8, 4) is 11.5 Å². The van der Waals surface area contributed by atoms with E-state index in [0.29, 0.717) is 42.6 Å². The molecule has 9 nitrogen and oxygen atoms in total. The Morgan fingerprint density at radius 3 is 1.67 bits per heavy atom. The molecule has 3 atom stereocenters. The van der Waals surface area contributed by atoms with E-state index in [4.69, 9.17) is 19.9 Å². The van der Waals surface area contributed by atoms with Gasteiger partial charge in [0.2, 0.25) is 0 Å². The molecule has 0 fully saturated rings. The standard InChI is InChI=1S/C30H47NO8/c1-18(2)8-13-25(32)37-17-21(7)28(29(31)30(35)36)22-11-12-23(38-26(33)14-9-19(3)4)24(16-22)39-27(34)15-10-20(5)6/h11-12,16,18-21,28-29H,8-10,13-15,17,31H2,1-7H3,(H,35,36)/t21?,28?,29-/m0/s1. The SMILES string of the molecule is CC(C)CCC(=O)OCC(C)C(c1ccc(OC(=O)CCC(C)C)c(OC(=O)CCC(C)C)c1)[C@H](N)C(=O)O. The Labute approximate surface area is 232 Å². The van der Waals surface area contributed by atoms with E-state index < -0.39 is 35.8 Å². The number of carbonyl (C=O) groups excluding carboxylic acids is 3. The summed E-state index contributed by atoms with van der Waals surface area (Å²) in [5.41, 5.74) is 6.55. The van der Waals surface area contributed by atoms with E-state index in [9.17, 15) is 24.3 Å². The van der Waals surface area contributed by atoms with Gasteiger partial charge in [-0.1, -0.05) is 54.5 Å². The highest BCUT2D eigenvalue weighted by Gasteiger charge is 2.32. The lowest BCUT2D eigenvalue weighted by atomic mass is 9.82. The van der Waals surface area contributed by atoms with Crippen LogP contribution in [0.1, 0.15) is 98.5 Å². The highest BCUT2D eigenvalue weighted by atomic mass is 16.6. The quantitative estimate of drug-likeness (QED) is 0.191. The highest BCUT2D eigenvalue weighted by molar-refractivity contribution is 5.77. The predicted molar refractivity (Wildman–Crippen MR) is 148 cm³/mol. The number of hydrogen-bond donors (Lipinski definition) is 2. The summed E-state index contributed by atoms with van der Waals surface area (Å²) in [4.78, 5) is 49.1. The molecule has 0 aromatic heterocycles. The molecule has 0 spiro atoms. The zero-order valence-electron chi connectivity index (χ0n) is 24.5. The smallest absolute Gasteiger partial charge is 0.321 e. The molecular weight excluding hydrogens is 502 g/mol. The molecule has 0 saturated carbocycles. The van der Waals surface area contributed by atoms with Gasteiger partial charge < -0.3 is 25.1 Å². The Morgan fingerprint density at radius 2 is 1.21 bits per heavy atom. The van der Waals surface area contributed by atoms with Crippen molar-refractivity contribution in [3.63, 3.8) is 0 Å². The molecule has 220 valence electrons. The van der Waals surface area contributed by atoms with Gasteiger partial charge in [0.05, 0.1) is 6.61 Å². The first-order chi connectivity index (χ1) is 18.2. The Hall–Kier alpha value is -2.94. The van der Waals surface area contributed by atoms with Crippen molar-refractivity contribution in [2.75, 3.05) is 6.61 Å². The van der Waals surface area contributed by atoms with Gasteiger partial charge in [0.1, 0.15) is 6.04 Å². The maximum Gasteiger partial charge on any atom is 0.321 e. The second kappa shape index (κ2) is 16.9. The van der Waals surface area contributed by atoms with Crippen molar-refractivity contribution in [2.45, 2.75) is 99.0 Å². The van der Waals surface area contributed by atoms with Gasteiger partial charge in [0, 0.05) is 25.2 Å². The molecule has 0 saturated heterocycles. The van der Waals surface area contributed by atoms with Crippen LogP contribution in [0, 0.1) is 23.7 Å². The van der Waals surface area contributed by atoms with Crippen LogP contribution >= 0.6 is 0 Å². The number of ether oxygens (including phenoxy) is 3. The van der Waals surface area contributed by atoms with E-state index in [1.165, 1.54) is 12.1 Å². The van der Waals surface area contributed by atoms with Gasteiger partial charge in [0.15, 0.2) is 11.5 Å². The molecule has 0 bridgehead atoms. The van der Waals surface area contributed by atoms with E-state index in [0.717, 1.165) is 0 Å². The van der Waals surface area contributed by atoms with E-state index in [-0.39, 0.29) is 43.3 Å². The lowest BCUT2D eigenvalue weighted by molar-refractivity contribution is -0.145. The van der Waals surface area contributed by atoms with Crippen molar-refractivity contribution < 1.29 is 38.5 Å². The van der Waals surface area contributed by atoms with Gasteiger partial charge >= 0.3 is 23.9 Å². The summed E-state index contributed by atoms with van der Waals surface area (Å²) in [7, 11) is 0. The third-order valence-corrected chi connectivity index (χ3v) is 6.37. The normalized spacial score (nSPS) is 13.7. The van der Waals surface area contributed by atoms with E-state index in [2.05, 4.69) is 0 Å². The molecule has 0 heterocycles. The van der Waals surface area contributed by atoms with Crippen molar-refractivity contribution in [3.05, 3.63) is 23.8 Å². The molecule has 1 aromatic rings. The molecule has 2 unspecified atom stereocenters. The van der Waals surface area contributed by atoms with E-state index >= 15 is 0 Å². The second-order valence-corrected chi connectivity index (χ2v) is 11.5. The van der Waals surface area contributed by atoms with Crippen molar-refractivity contribution in [1.82, 2.24) is 0 Å². The molecule has 0 amide bonds. The predicted octanol–water partition coefficient (Wildman–Crippen LogP) is 5.48. The fourth-order valence-corrected chi connectivity index (χ4v) is 3.91. The number of aliphatic carboxylic acids is 1. The van der Waals surface area contributed by atoms with Crippen molar-refractivity contribution in [2.24, 2.45) is 29.4 Å². The molecule has 0 aliphatic carbocycles. The van der Waals surface area contributed by atoms with Gasteiger partial charge in [-0.25, -0.2) is 0 Å². The number of esters is 3. The average Bonchev–Trinajstić information content (AvgIpc) is 2.85. The first kappa shape index (κ1) is 34.1. The zero-order chi connectivity index (χ0) is 29.7. The number of carbonyl (C=O) groups is 4. The number of hydrogen-bond acceptors (Lipinski definition) is 8. The van der Waals surface area contributed by atoms with E-state index in [1.807, 2.05) is 41.5 Å². The Bertz CT molecular complexity index is 956. The molecule has 0 aliphatic rings. The molecule has 39 heavy (non-hydrogen) atoms. The zero-order valence-corrected chi connectivity index (χ0v) is 24.5. The number of rotatable bonds is 17. The number of carboxylic acids is 1. The number of carboxylic acid groups (broad SMARTS) is 1. The summed E-state index contributed by atoms with van der Waals surface area (Å²) in [6.07, 6.45) is 2.59. The minimum absolute atomic E-state index is 0.0165. The number of benzene rings is 1. The molecular formula is C30H47NO8. The first-order valence-corrected chi connectivity index (χ1v) is 13.9. The second-order valence-electron chi connectivity index (χ2n) is 11.5. The third-order valence-electron chi connectivity index (χ3n) is 6.37. The molecule has 1 rings (SSSR count). The molecule has 0 aliphatic heterocycles. The van der Waals surface area contributed by atoms with Crippen LogP contribution in [-0.2, 0) is 23.9 Å². The fraction of sp³-hybridized carbons (Fsp3) is 0.667. The summed E-state index contributed by atoms with van der Waals surface area (Å²) in [6.45, 7) is 13.7. The summed E-state index contributed by atoms with van der Waals surface area (Å²) in [5, 5.41) is 9.71. The van der Waals surface area contributed by atoms with Crippen LogP contribution in [0.5, 0.6) is 11.5 Å². The maximum atomic E-state index is 12.6. The Balaban J connectivity index is 3.28. The van der Waals surface area contributed by atoms with Crippen LogP contribution < -0.4 is 15.2 Å². The lowest BCUT2D eigenvalue weighted by Gasteiger charge is -2.28. The van der Waals surface area contributed by atoms with Gasteiger partial charge in [-0.15, -0.1) is 0 Å². The third kappa shape index (κ3) is 13.1. The number of nitrogens with two attached hydrogens (primary N) is 1. The average molecular weight is 550 g/mol. The van der Waals surface area contributed by atoms with Gasteiger partial charge in [-0.3, -0.25) is 19.2 Å². The Kier molecular flexibility index (Phi) is 14.8. The van der Waals surface area contributed by atoms with E-state index in [1.54, 1.807) is 13.0 Å². The fourth-order valence-electron chi connectivity index (χ4n) is 3.91. The topological polar surface area (TPSA) is 142 Å². The molecule has 1 aromatic carbocycles. The van der Waals surface area contributed by atoms with Crippen LogP contribution in [0.4, 0.5) is 0 Å². The minimum Gasteiger partial charge on any atom is -0.480 e. The van der Waals surface area contributed by atoms with Crippen molar-refractivity contribution >= 4 is 23.9 Å². The minimum atomic E-state index is -1.32. The summed E-state index contributed by atoms with van der Waals surface area (Å²) in [6, 6.07) is 3.25. The van der Waals surface area contributed by atoms with Crippen LogP contribution in [0.15, 0.2) is 18.2 Å². The maximum absolute atomic E-state index is 12.6. The summed E-state index contributed by atoms with van der Waals surface area (Å²) < 4.78 is 16.5. The van der Waals surface area contributed by atoms with Crippen LogP contribution in [0.25, 0.3) is 0 Å².